The highest BCUT2D eigenvalue weighted by Gasteiger charge is 2.46. The van der Waals surface area contributed by atoms with Crippen LogP contribution in [0.1, 0.15) is 33.6 Å². The Labute approximate surface area is 98.4 Å². The normalized spacial score (nSPS) is 28.8. The summed E-state index contributed by atoms with van der Waals surface area (Å²) >= 11 is 0. The third-order valence-electron chi connectivity index (χ3n) is 3.53. The van der Waals surface area contributed by atoms with E-state index in [0.29, 0.717) is 13.0 Å². The molecule has 1 aliphatic rings. The van der Waals surface area contributed by atoms with Crippen molar-refractivity contribution in [3.63, 3.8) is 0 Å². The van der Waals surface area contributed by atoms with Gasteiger partial charge in [-0.2, -0.15) is 0 Å². The van der Waals surface area contributed by atoms with Gasteiger partial charge in [0.15, 0.2) is 9.84 Å². The summed E-state index contributed by atoms with van der Waals surface area (Å²) in [4.78, 5) is 0. The molecule has 0 spiro atoms. The van der Waals surface area contributed by atoms with Gasteiger partial charge in [0.25, 0.3) is 0 Å². The Kier molecular flexibility index (Phi) is 4.37. The number of nitrogens with one attached hydrogen (secondary N) is 1. The van der Waals surface area contributed by atoms with Gasteiger partial charge >= 0.3 is 0 Å². The Bertz CT molecular complexity index is 324. The van der Waals surface area contributed by atoms with Gasteiger partial charge in [-0.1, -0.05) is 20.8 Å². The first kappa shape index (κ1) is 13.9. The van der Waals surface area contributed by atoms with Crippen molar-refractivity contribution in [3.8, 4) is 0 Å². The molecular weight excluding hydrogens is 226 g/mol. The molecule has 0 aliphatic heterocycles. The van der Waals surface area contributed by atoms with Gasteiger partial charge < -0.3 is 10.4 Å². The monoisotopic (exact) mass is 249 g/mol. The van der Waals surface area contributed by atoms with Crippen molar-refractivity contribution in [1.29, 1.82) is 0 Å². The first-order chi connectivity index (χ1) is 7.29. The molecule has 0 aromatic heterocycles. The van der Waals surface area contributed by atoms with Crippen LogP contribution in [-0.4, -0.2) is 43.7 Å². The van der Waals surface area contributed by atoms with Crippen molar-refractivity contribution in [2.75, 3.05) is 18.1 Å². The van der Waals surface area contributed by atoms with Gasteiger partial charge in [0.05, 0.1) is 11.9 Å². The van der Waals surface area contributed by atoms with E-state index in [9.17, 15) is 13.5 Å². The van der Waals surface area contributed by atoms with Gasteiger partial charge in [-0.25, -0.2) is 8.42 Å². The van der Waals surface area contributed by atoms with Crippen LogP contribution in [0.4, 0.5) is 0 Å². The average Bonchev–Trinajstić information content (AvgIpc) is 2.16. The van der Waals surface area contributed by atoms with Gasteiger partial charge in [0, 0.05) is 23.8 Å². The van der Waals surface area contributed by atoms with E-state index in [1.165, 1.54) is 0 Å². The van der Waals surface area contributed by atoms with Crippen molar-refractivity contribution in [3.05, 3.63) is 0 Å². The quantitative estimate of drug-likeness (QED) is 0.722. The molecule has 2 N–H and O–H groups in total. The maximum absolute atomic E-state index is 11.5. The second-order valence-corrected chi connectivity index (χ2v) is 7.54. The maximum Gasteiger partial charge on any atom is 0.151 e. The fraction of sp³-hybridized carbons (Fsp3) is 1.00. The highest BCUT2D eigenvalue weighted by molar-refractivity contribution is 7.91. The molecule has 4 nitrogen and oxygen atoms in total. The third kappa shape index (κ3) is 3.18. The van der Waals surface area contributed by atoms with Crippen LogP contribution in [0.15, 0.2) is 0 Å². The molecule has 0 saturated heterocycles. The lowest BCUT2D eigenvalue weighted by molar-refractivity contribution is -0.0716. The zero-order chi connectivity index (χ0) is 12.4. The summed E-state index contributed by atoms with van der Waals surface area (Å²) in [6, 6.07) is 0.235. The SMILES string of the molecule is CCCS(=O)(=O)CCNC1CC(O)C1(C)C. The summed E-state index contributed by atoms with van der Waals surface area (Å²) < 4.78 is 22.9. The highest BCUT2D eigenvalue weighted by Crippen LogP contribution is 2.40. The molecule has 5 heteroatoms. The summed E-state index contributed by atoms with van der Waals surface area (Å²) in [5.74, 6) is 0.467. The van der Waals surface area contributed by atoms with Gasteiger partial charge in [-0.15, -0.1) is 0 Å². The van der Waals surface area contributed by atoms with Gasteiger partial charge in [-0.3, -0.25) is 0 Å². The van der Waals surface area contributed by atoms with Crippen LogP contribution in [0, 0.1) is 5.41 Å². The molecular formula is C11H23NO3S. The molecule has 1 fully saturated rings. The molecule has 1 saturated carbocycles. The third-order valence-corrected chi connectivity index (χ3v) is 5.39. The largest absolute Gasteiger partial charge is 0.392 e. The minimum absolute atomic E-state index is 0.130. The molecule has 1 rings (SSSR count). The highest BCUT2D eigenvalue weighted by atomic mass is 32.2. The summed E-state index contributed by atoms with van der Waals surface area (Å²) in [7, 11) is -2.89. The van der Waals surface area contributed by atoms with Crippen LogP contribution >= 0.6 is 0 Å². The van der Waals surface area contributed by atoms with Crippen LogP contribution in [0.2, 0.25) is 0 Å². The summed E-state index contributed by atoms with van der Waals surface area (Å²) in [6.45, 7) is 6.36. The molecule has 1 aliphatic carbocycles. The number of hydrogen-bond donors (Lipinski definition) is 2. The molecule has 0 heterocycles. The van der Waals surface area contributed by atoms with Gasteiger partial charge in [0.1, 0.15) is 0 Å². The molecule has 0 radical (unpaired) electrons. The van der Waals surface area contributed by atoms with E-state index in [1.807, 2.05) is 20.8 Å². The van der Waals surface area contributed by atoms with E-state index >= 15 is 0 Å². The van der Waals surface area contributed by atoms with Crippen molar-refractivity contribution < 1.29 is 13.5 Å². The number of rotatable bonds is 6. The molecule has 16 heavy (non-hydrogen) atoms. The molecule has 0 aromatic rings. The van der Waals surface area contributed by atoms with Crippen LogP contribution < -0.4 is 5.32 Å². The summed E-state index contributed by atoms with van der Waals surface area (Å²) in [5.41, 5.74) is -0.130. The second-order valence-electron chi connectivity index (χ2n) is 5.23. The molecule has 2 atom stereocenters. The lowest BCUT2D eigenvalue weighted by atomic mass is 9.64. The molecule has 0 bridgehead atoms. The summed E-state index contributed by atoms with van der Waals surface area (Å²) in [5, 5.41) is 12.7. The van der Waals surface area contributed by atoms with E-state index in [2.05, 4.69) is 5.32 Å². The Balaban J connectivity index is 2.27. The van der Waals surface area contributed by atoms with Gasteiger partial charge in [-0.05, 0) is 12.8 Å². The van der Waals surface area contributed by atoms with E-state index in [-0.39, 0.29) is 29.1 Å². The number of aliphatic hydroxyl groups excluding tert-OH is 1. The predicted octanol–water partition coefficient (Wildman–Crippen LogP) is 0.560. The number of aliphatic hydroxyl groups is 1. The minimum atomic E-state index is -2.89. The van der Waals surface area contributed by atoms with Crippen molar-refractivity contribution >= 4 is 9.84 Å². The minimum Gasteiger partial charge on any atom is -0.392 e. The zero-order valence-electron chi connectivity index (χ0n) is 10.4. The lowest BCUT2D eigenvalue weighted by Gasteiger charge is -2.49. The lowest BCUT2D eigenvalue weighted by Crippen LogP contribution is -2.60. The van der Waals surface area contributed by atoms with E-state index in [4.69, 9.17) is 0 Å². The smallest absolute Gasteiger partial charge is 0.151 e. The van der Waals surface area contributed by atoms with Crippen LogP contribution in [-0.2, 0) is 9.84 Å². The predicted molar refractivity (Wildman–Crippen MR) is 65.1 cm³/mol. The van der Waals surface area contributed by atoms with Gasteiger partial charge in [0.2, 0.25) is 0 Å². The number of hydrogen-bond acceptors (Lipinski definition) is 4. The maximum atomic E-state index is 11.5. The average molecular weight is 249 g/mol. The first-order valence-electron chi connectivity index (χ1n) is 5.91. The Morgan fingerprint density at radius 1 is 1.38 bits per heavy atom. The fourth-order valence-corrected chi connectivity index (χ4v) is 3.31. The Hall–Kier alpha value is -0.130. The molecule has 0 aromatic carbocycles. The Morgan fingerprint density at radius 2 is 2.00 bits per heavy atom. The zero-order valence-corrected chi connectivity index (χ0v) is 11.2. The Morgan fingerprint density at radius 3 is 2.44 bits per heavy atom. The van der Waals surface area contributed by atoms with E-state index < -0.39 is 9.84 Å². The standard InChI is InChI=1S/C11H23NO3S/c1-4-6-16(14,15)7-5-12-9-8-10(13)11(9,2)3/h9-10,12-13H,4-8H2,1-3H3. The summed E-state index contributed by atoms with van der Waals surface area (Å²) in [6.07, 6.45) is 1.13. The molecule has 96 valence electrons. The van der Waals surface area contributed by atoms with Crippen LogP contribution in [0.5, 0.6) is 0 Å². The first-order valence-corrected chi connectivity index (χ1v) is 7.73. The number of sulfone groups is 1. The topological polar surface area (TPSA) is 66.4 Å². The fourth-order valence-electron chi connectivity index (χ4n) is 2.05. The van der Waals surface area contributed by atoms with Crippen molar-refractivity contribution in [2.45, 2.75) is 45.8 Å². The van der Waals surface area contributed by atoms with Crippen LogP contribution in [0.25, 0.3) is 0 Å². The molecule has 2 unspecified atom stereocenters. The van der Waals surface area contributed by atoms with Crippen molar-refractivity contribution in [2.24, 2.45) is 5.41 Å². The van der Waals surface area contributed by atoms with E-state index in [0.717, 1.165) is 6.42 Å². The van der Waals surface area contributed by atoms with Crippen molar-refractivity contribution in [1.82, 2.24) is 5.32 Å². The van der Waals surface area contributed by atoms with E-state index in [1.54, 1.807) is 0 Å². The second kappa shape index (κ2) is 5.02. The van der Waals surface area contributed by atoms with Crippen LogP contribution in [0.3, 0.4) is 0 Å². The molecule has 0 amide bonds.